The molecule has 1 aromatic rings. The fourth-order valence-electron chi connectivity index (χ4n) is 1.60. The van der Waals surface area contributed by atoms with Gasteiger partial charge in [-0.25, -0.2) is 0 Å². The average Bonchev–Trinajstić information content (AvgIpc) is 2.36. The Kier molecular flexibility index (Phi) is 4.29. The van der Waals surface area contributed by atoms with Gasteiger partial charge in [-0.1, -0.05) is 13.0 Å². The monoisotopic (exact) mass is 235 g/mol. The predicted molar refractivity (Wildman–Crippen MR) is 69.8 cm³/mol. The molecule has 17 heavy (non-hydrogen) atoms. The van der Waals surface area contributed by atoms with Crippen LogP contribution in [0.5, 0.6) is 5.75 Å². The molecule has 0 aliphatic rings. The van der Waals surface area contributed by atoms with Crippen LogP contribution in [0.4, 0.5) is 0 Å². The fourth-order valence-corrected chi connectivity index (χ4v) is 1.60. The molecule has 0 aliphatic carbocycles. The summed E-state index contributed by atoms with van der Waals surface area (Å²) in [5, 5.41) is 3.02. The van der Waals surface area contributed by atoms with Crippen molar-refractivity contribution in [2.24, 2.45) is 0 Å². The van der Waals surface area contributed by atoms with Crippen LogP contribution in [0.25, 0.3) is 0 Å². The highest BCUT2D eigenvalue weighted by Crippen LogP contribution is 2.24. The number of rotatable bonds is 5. The number of carbonyl (C=O) groups is 1. The van der Waals surface area contributed by atoms with E-state index in [1.54, 1.807) is 14.2 Å². The van der Waals surface area contributed by atoms with E-state index in [1.807, 2.05) is 32.0 Å². The number of likely N-dealkylation sites (N-methyl/N-ethyl adjacent to an activating group) is 1. The van der Waals surface area contributed by atoms with Crippen molar-refractivity contribution >= 4 is 5.78 Å². The summed E-state index contributed by atoms with van der Waals surface area (Å²) in [7, 11) is 3.37. The van der Waals surface area contributed by atoms with Gasteiger partial charge in [0.15, 0.2) is 5.78 Å². The third-order valence-corrected chi connectivity index (χ3v) is 3.11. The minimum absolute atomic E-state index is 0.0483. The molecule has 3 heteroatoms. The molecule has 0 fully saturated rings. The topological polar surface area (TPSA) is 38.3 Å². The van der Waals surface area contributed by atoms with Gasteiger partial charge in [0.25, 0.3) is 0 Å². The van der Waals surface area contributed by atoms with E-state index in [-0.39, 0.29) is 5.78 Å². The molecule has 0 atom stereocenters. The van der Waals surface area contributed by atoms with Gasteiger partial charge in [-0.3, -0.25) is 4.79 Å². The number of ketones is 1. The molecular weight excluding hydrogens is 214 g/mol. The van der Waals surface area contributed by atoms with Gasteiger partial charge in [-0.05, 0) is 45.0 Å². The maximum absolute atomic E-state index is 12.4. The Labute approximate surface area is 103 Å². The standard InChI is InChI=1S/C14H21NO2/c1-6-10-7-8-12(17-5)11(9-10)13(16)14(2,3)15-4/h7-9,15H,6H2,1-5H3. The van der Waals surface area contributed by atoms with Crippen LogP contribution in [-0.2, 0) is 6.42 Å². The Bertz CT molecular complexity index is 411. The van der Waals surface area contributed by atoms with E-state index >= 15 is 0 Å². The highest BCUT2D eigenvalue weighted by atomic mass is 16.5. The molecule has 0 heterocycles. The van der Waals surface area contributed by atoms with Crippen LogP contribution < -0.4 is 10.1 Å². The van der Waals surface area contributed by atoms with Gasteiger partial charge in [0, 0.05) is 0 Å². The van der Waals surface area contributed by atoms with Crippen LogP contribution in [-0.4, -0.2) is 25.5 Å². The minimum atomic E-state index is -0.584. The normalized spacial score (nSPS) is 11.4. The Hall–Kier alpha value is -1.35. The summed E-state index contributed by atoms with van der Waals surface area (Å²) in [5.41, 5.74) is 1.20. The second-order valence-corrected chi connectivity index (χ2v) is 4.59. The van der Waals surface area contributed by atoms with Gasteiger partial charge in [-0.2, -0.15) is 0 Å². The van der Waals surface area contributed by atoms with Gasteiger partial charge in [0.2, 0.25) is 0 Å². The summed E-state index contributed by atoms with van der Waals surface area (Å²) in [6.07, 6.45) is 0.907. The van der Waals surface area contributed by atoms with Crippen molar-refractivity contribution in [2.45, 2.75) is 32.7 Å². The van der Waals surface area contributed by atoms with Crippen molar-refractivity contribution in [3.63, 3.8) is 0 Å². The lowest BCUT2D eigenvalue weighted by Gasteiger charge is -2.23. The van der Waals surface area contributed by atoms with Crippen molar-refractivity contribution in [3.05, 3.63) is 29.3 Å². The summed E-state index contributed by atoms with van der Waals surface area (Å²) in [6.45, 7) is 5.81. The number of ether oxygens (including phenoxy) is 1. The smallest absolute Gasteiger partial charge is 0.185 e. The van der Waals surface area contributed by atoms with Crippen molar-refractivity contribution in [1.29, 1.82) is 0 Å². The number of nitrogens with one attached hydrogen (secondary N) is 1. The summed E-state index contributed by atoms with van der Waals surface area (Å²) in [5.74, 6) is 0.683. The maximum atomic E-state index is 12.4. The lowest BCUT2D eigenvalue weighted by Crippen LogP contribution is -2.44. The lowest BCUT2D eigenvalue weighted by atomic mass is 9.91. The third-order valence-electron chi connectivity index (χ3n) is 3.11. The predicted octanol–water partition coefficient (Wildman–Crippen LogP) is 2.44. The van der Waals surface area contributed by atoms with E-state index in [0.717, 1.165) is 12.0 Å². The summed E-state index contributed by atoms with van der Waals surface area (Å²) in [4.78, 5) is 12.4. The molecule has 0 saturated heterocycles. The molecule has 0 radical (unpaired) electrons. The van der Waals surface area contributed by atoms with E-state index in [9.17, 15) is 4.79 Å². The number of carbonyl (C=O) groups excluding carboxylic acids is 1. The molecule has 1 aromatic carbocycles. The molecule has 0 unspecified atom stereocenters. The fraction of sp³-hybridized carbons (Fsp3) is 0.500. The van der Waals surface area contributed by atoms with Gasteiger partial charge in [0.05, 0.1) is 18.2 Å². The molecule has 1 N–H and O–H groups in total. The van der Waals surface area contributed by atoms with E-state index in [1.165, 1.54) is 0 Å². The molecule has 0 aromatic heterocycles. The molecule has 1 rings (SSSR count). The number of methoxy groups -OCH3 is 1. The first kappa shape index (κ1) is 13.7. The Balaban J connectivity index is 3.23. The van der Waals surface area contributed by atoms with E-state index in [2.05, 4.69) is 12.2 Å². The zero-order valence-electron chi connectivity index (χ0n) is 11.3. The van der Waals surface area contributed by atoms with Gasteiger partial charge < -0.3 is 10.1 Å². The van der Waals surface area contributed by atoms with E-state index < -0.39 is 5.54 Å². The molecule has 94 valence electrons. The van der Waals surface area contributed by atoms with Crippen molar-refractivity contribution in [3.8, 4) is 5.75 Å². The highest BCUT2D eigenvalue weighted by Gasteiger charge is 2.28. The molecule has 0 aliphatic heterocycles. The number of benzene rings is 1. The summed E-state index contributed by atoms with van der Waals surface area (Å²) < 4.78 is 5.26. The van der Waals surface area contributed by atoms with Gasteiger partial charge >= 0.3 is 0 Å². The Morgan fingerprint density at radius 1 is 1.41 bits per heavy atom. The first-order chi connectivity index (χ1) is 7.96. The first-order valence-corrected chi connectivity index (χ1v) is 5.87. The minimum Gasteiger partial charge on any atom is -0.496 e. The van der Waals surface area contributed by atoms with Gasteiger partial charge in [0.1, 0.15) is 5.75 Å². The largest absolute Gasteiger partial charge is 0.496 e. The Morgan fingerprint density at radius 2 is 2.06 bits per heavy atom. The van der Waals surface area contributed by atoms with Crippen molar-refractivity contribution < 1.29 is 9.53 Å². The molecule has 0 bridgehead atoms. The number of hydrogen-bond donors (Lipinski definition) is 1. The summed E-state index contributed by atoms with van der Waals surface area (Å²) in [6, 6.07) is 5.76. The molecule has 3 nitrogen and oxygen atoms in total. The first-order valence-electron chi connectivity index (χ1n) is 5.87. The van der Waals surface area contributed by atoms with Crippen LogP contribution in [0, 0.1) is 0 Å². The average molecular weight is 235 g/mol. The number of hydrogen-bond acceptors (Lipinski definition) is 3. The molecule has 0 saturated carbocycles. The maximum Gasteiger partial charge on any atom is 0.185 e. The third kappa shape index (κ3) is 2.86. The van der Waals surface area contributed by atoms with Crippen LogP contribution >= 0.6 is 0 Å². The van der Waals surface area contributed by atoms with Crippen LogP contribution in [0.15, 0.2) is 18.2 Å². The van der Waals surface area contributed by atoms with Crippen LogP contribution in [0.3, 0.4) is 0 Å². The second kappa shape index (κ2) is 5.32. The van der Waals surface area contributed by atoms with Crippen molar-refractivity contribution in [2.75, 3.05) is 14.2 Å². The zero-order valence-corrected chi connectivity index (χ0v) is 11.3. The number of Topliss-reactive ketones (excluding diaryl/α,β-unsaturated/α-hetero) is 1. The van der Waals surface area contributed by atoms with Gasteiger partial charge in [-0.15, -0.1) is 0 Å². The molecular formula is C14H21NO2. The summed E-state index contributed by atoms with van der Waals surface area (Å²) >= 11 is 0. The van der Waals surface area contributed by atoms with Crippen LogP contribution in [0.2, 0.25) is 0 Å². The Morgan fingerprint density at radius 3 is 2.53 bits per heavy atom. The zero-order chi connectivity index (χ0) is 13.1. The number of aryl methyl sites for hydroxylation is 1. The van der Waals surface area contributed by atoms with E-state index in [4.69, 9.17) is 4.74 Å². The highest BCUT2D eigenvalue weighted by molar-refractivity contribution is 6.04. The molecule has 0 amide bonds. The van der Waals surface area contributed by atoms with Crippen LogP contribution in [0.1, 0.15) is 36.7 Å². The lowest BCUT2D eigenvalue weighted by molar-refractivity contribution is 0.0886. The SMILES string of the molecule is CCc1ccc(OC)c(C(=O)C(C)(C)NC)c1. The second-order valence-electron chi connectivity index (χ2n) is 4.59. The van der Waals surface area contributed by atoms with Crippen molar-refractivity contribution in [1.82, 2.24) is 5.32 Å². The quantitative estimate of drug-likeness (QED) is 0.797. The van der Waals surface area contributed by atoms with E-state index in [0.29, 0.717) is 11.3 Å². The molecule has 0 spiro atoms.